The van der Waals surface area contributed by atoms with Gasteiger partial charge in [-0.1, -0.05) is 39.0 Å². The Morgan fingerprint density at radius 1 is 1.33 bits per heavy atom. The number of esters is 1. The topological polar surface area (TPSA) is 61.4 Å². The second kappa shape index (κ2) is 8.27. The van der Waals surface area contributed by atoms with Crippen molar-refractivity contribution >= 4 is 17.3 Å². The lowest BCUT2D eigenvalue weighted by atomic mass is 9.88. The van der Waals surface area contributed by atoms with E-state index in [1.807, 2.05) is 20.8 Å². The summed E-state index contributed by atoms with van der Waals surface area (Å²) in [7, 11) is 0. The molecule has 0 saturated carbocycles. The van der Waals surface area contributed by atoms with E-state index in [1.54, 1.807) is 6.92 Å². The van der Waals surface area contributed by atoms with Crippen molar-refractivity contribution in [3.63, 3.8) is 0 Å². The molecule has 1 aromatic carbocycles. The third kappa shape index (κ3) is 5.43. The van der Waals surface area contributed by atoms with Crippen LogP contribution in [0.5, 0.6) is 0 Å². The maximum Gasteiger partial charge on any atom is 0.343 e. The van der Waals surface area contributed by atoms with Crippen LogP contribution in [-0.4, -0.2) is 29.1 Å². The summed E-state index contributed by atoms with van der Waals surface area (Å²) in [5.74, 6) is -1.59. The van der Waals surface area contributed by atoms with Crippen molar-refractivity contribution in [3.05, 3.63) is 35.6 Å². The molecule has 1 N–H and O–H groups in total. The monoisotopic (exact) mass is 361 g/mol. The first-order valence-electron chi connectivity index (χ1n) is 7.73. The highest BCUT2D eigenvalue weighted by Gasteiger charge is 2.47. The first-order chi connectivity index (χ1) is 11.0. The average Bonchev–Trinajstić information content (AvgIpc) is 2.44. The van der Waals surface area contributed by atoms with Gasteiger partial charge in [0.15, 0.2) is 0 Å². The van der Waals surface area contributed by atoms with E-state index in [0.717, 1.165) is 0 Å². The molecule has 1 rings (SSSR count). The average molecular weight is 361 g/mol. The van der Waals surface area contributed by atoms with Gasteiger partial charge >= 0.3 is 5.97 Å². The molecule has 3 atom stereocenters. The highest BCUT2D eigenvalue weighted by Crippen LogP contribution is 2.32. The molecule has 1 unspecified atom stereocenters. The summed E-state index contributed by atoms with van der Waals surface area (Å²) >= 11 is -1.67. The van der Waals surface area contributed by atoms with Gasteiger partial charge in [-0.05, 0) is 19.9 Å². The first kappa shape index (κ1) is 20.9. The molecule has 0 aromatic heterocycles. The minimum Gasteiger partial charge on any atom is -0.598 e. The summed E-state index contributed by atoms with van der Waals surface area (Å²) in [6.07, 6.45) is -2.21. The van der Waals surface area contributed by atoms with Crippen LogP contribution in [0.3, 0.4) is 0 Å². The van der Waals surface area contributed by atoms with Gasteiger partial charge in [0.25, 0.3) is 0 Å². The normalized spacial score (nSPS) is 17.0. The second-order valence-corrected chi connectivity index (χ2v) is 8.13. The van der Waals surface area contributed by atoms with Crippen LogP contribution >= 0.6 is 0 Å². The predicted molar refractivity (Wildman–Crippen MR) is 90.9 cm³/mol. The Morgan fingerprint density at radius 2 is 1.92 bits per heavy atom. The Kier molecular flexibility index (Phi) is 7.19. The maximum absolute atomic E-state index is 14.9. The number of nitrogens with one attached hydrogen (secondary N) is 1. The van der Waals surface area contributed by atoms with E-state index in [2.05, 4.69) is 4.72 Å². The van der Waals surface area contributed by atoms with Crippen molar-refractivity contribution < 1.29 is 22.9 Å². The molecule has 0 aliphatic heterocycles. The van der Waals surface area contributed by atoms with Gasteiger partial charge in [-0.2, -0.15) is 0 Å². The van der Waals surface area contributed by atoms with E-state index in [-0.39, 0.29) is 23.3 Å². The summed E-state index contributed by atoms with van der Waals surface area (Å²) in [5, 5.41) is 0. The van der Waals surface area contributed by atoms with E-state index in [9.17, 15) is 18.1 Å². The third-order valence-corrected chi connectivity index (χ3v) is 5.10. The molecule has 0 amide bonds. The number of halogens is 2. The molecule has 4 nitrogen and oxygen atoms in total. The maximum atomic E-state index is 14.9. The molecule has 0 aliphatic carbocycles. The molecule has 7 heteroatoms. The van der Waals surface area contributed by atoms with Gasteiger partial charge in [0.05, 0.1) is 6.61 Å². The zero-order valence-corrected chi connectivity index (χ0v) is 15.5. The van der Waals surface area contributed by atoms with Crippen LogP contribution in [0.15, 0.2) is 24.3 Å². The number of hydrogen-bond donors (Lipinski definition) is 1. The molecule has 0 bridgehead atoms. The van der Waals surface area contributed by atoms with Crippen molar-refractivity contribution in [3.8, 4) is 0 Å². The largest absolute Gasteiger partial charge is 0.598 e. The van der Waals surface area contributed by atoms with Gasteiger partial charge < -0.3 is 9.29 Å². The number of alkyl halides is 1. The fraction of sp³-hybridized carbons (Fsp3) is 0.588. The number of carbonyl (C=O) groups is 1. The predicted octanol–water partition coefficient (Wildman–Crippen LogP) is 3.24. The number of rotatable bonds is 7. The molecular formula is C17H25F2NO3S. The van der Waals surface area contributed by atoms with E-state index in [0.29, 0.717) is 0 Å². The second-order valence-electron chi connectivity index (χ2n) is 6.95. The zero-order chi connectivity index (χ0) is 18.5. The highest BCUT2D eigenvalue weighted by molar-refractivity contribution is 7.89. The van der Waals surface area contributed by atoms with E-state index in [1.165, 1.54) is 31.2 Å². The SMILES string of the molecule is CCOC(=O)[C@H](F)[C@](C)(N[S+]([O-])CC(C)(C)C)c1ccccc1F. The third-order valence-electron chi connectivity index (χ3n) is 3.32. The Labute approximate surface area is 145 Å². The summed E-state index contributed by atoms with van der Waals surface area (Å²) in [4.78, 5) is 11.9. The van der Waals surface area contributed by atoms with Gasteiger partial charge in [-0.25, -0.2) is 13.6 Å². The lowest BCUT2D eigenvalue weighted by Gasteiger charge is -2.34. The van der Waals surface area contributed by atoms with E-state index in [4.69, 9.17) is 4.74 Å². The zero-order valence-electron chi connectivity index (χ0n) is 14.7. The highest BCUT2D eigenvalue weighted by atomic mass is 32.2. The molecule has 0 fully saturated rings. The van der Waals surface area contributed by atoms with E-state index >= 15 is 0 Å². The standard InChI is InChI=1S/C17H25F2NO3S/c1-6-23-15(21)14(19)17(5,12-9-7-8-10-13(12)18)20-24(22)11-16(2,3)4/h7-10,14,20H,6,11H2,1-5H3/t14-,17+,24?/m0/s1. The van der Waals surface area contributed by atoms with Gasteiger partial charge in [0, 0.05) is 22.3 Å². The van der Waals surface area contributed by atoms with Crippen LogP contribution in [-0.2, 0) is 26.4 Å². The molecule has 0 spiro atoms. The number of benzene rings is 1. The van der Waals surface area contributed by atoms with Crippen molar-refractivity contribution in [2.45, 2.75) is 46.3 Å². The van der Waals surface area contributed by atoms with Crippen molar-refractivity contribution in [2.24, 2.45) is 5.41 Å². The quantitative estimate of drug-likeness (QED) is 0.598. The minimum absolute atomic E-state index is 0.00230. The van der Waals surface area contributed by atoms with Crippen LogP contribution in [0.4, 0.5) is 8.78 Å². The molecular weight excluding hydrogens is 336 g/mol. The minimum atomic E-state index is -2.21. The first-order valence-corrected chi connectivity index (χ1v) is 9.05. The molecule has 0 aliphatic rings. The Balaban J connectivity index is 3.21. The van der Waals surface area contributed by atoms with E-state index < -0.39 is 34.9 Å². The summed E-state index contributed by atoms with van der Waals surface area (Å²) < 4.78 is 48.8. The molecule has 136 valence electrons. The van der Waals surface area contributed by atoms with Gasteiger partial charge in [0.2, 0.25) is 6.17 Å². The molecule has 0 heterocycles. The Bertz CT molecular complexity index is 565. The van der Waals surface area contributed by atoms with Gasteiger partial charge in [0.1, 0.15) is 17.1 Å². The lowest BCUT2D eigenvalue weighted by Crippen LogP contribution is -2.55. The fourth-order valence-corrected chi connectivity index (χ4v) is 3.79. The van der Waals surface area contributed by atoms with Crippen LogP contribution in [0.25, 0.3) is 0 Å². The molecule has 1 aromatic rings. The van der Waals surface area contributed by atoms with Crippen molar-refractivity contribution in [1.82, 2.24) is 4.72 Å². The Hall–Kier alpha value is -1.18. The Morgan fingerprint density at radius 3 is 2.42 bits per heavy atom. The summed E-state index contributed by atoms with van der Waals surface area (Å²) in [6.45, 7) is 8.50. The van der Waals surface area contributed by atoms with Crippen LogP contribution in [0.2, 0.25) is 0 Å². The fourth-order valence-electron chi connectivity index (χ4n) is 2.24. The number of hydrogen-bond acceptors (Lipinski definition) is 4. The van der Waals surface area contributed by atoms with Crippen LogP contribution in [0, 0.1) is 11.2 Å². The molecule has 0 saturated heterocycles. The summed E-state index contributed by atoms with van der Waals surface area (Å²) in [5.41, 5.74) is -2.18. The van der Waals surface area contributed by atoms with Crippen LogP contribution in [0.1, 0.15) is 40.2 Å². The number of carbonyl (C=O) groups excluding carboxylic acids is 1. The van der Waals surface area contributed by atoms with Gasteiger partial charge in [-0.15, -0.1) is 4.72 Å². The summed E-state index contributed by atoms with van der Waals surface area (Å²) in [6, 6.07) is 5.52. The van der Waals surface area contributed by atoms with Crippen LogP contribution < -0.4 is 4.72 Å². The van der Waals surface area contributed by atoms with Crippen molar-refractivity contribution in [2.75, 3.05) is 12.4 Å². The van der Waals surface area contributed by atoms with Crippen molar-refractivity contribution in [1.29, 1.82) is 0 Å². The number of ether oxygens (including phenoxy) is 1. The lowest BCUT2D eigenvalue weighted by molar-refractivity contribution is -0.152. The molecule has 24 heavy (non-hydrogen) atoms. The van der Waals surface area contributed by atoms with Gasteiger partial charge in [-0.3, -0.25) is 0 Å². The molecule has 0 radical (unpaired) electrons. The smallest absolute Gasteiger partial charge is 0.343 e.